The van der Waals surface area contributed by atoms with Crippen LogP contribution in [-0.2, 0) is 60.2 Å². The minimum absolute atomic E-state index is 0.0182. The molecule has 75 heavy (non-hydrogen) atoms. The van der Waals surface area contributed by atoms with Crippen molar-refractivity contribution in [2.24, 2.45) is 0 Å². The smallest absolute Gasteiger partial charge is 0.373 e. The van der Waals surface area contributed by atoms with Gasteiger partial charge in [0.15, 0.2) is 0 Å². The number of hydrogen-bond acceptors (Lipinski definition) is 12. The molecule has 2 aromatic rings. The largest absolute Gasteiger partial charge is 0.515 e. The van der Waals surface area contributed by atoms with Crippen molar-refractivity contribution in [3.8, 4) is 11.1 Å². The van der Waals surface area contributed by atoms with Crippen LogP contribution in [0, 0.1) is 0 Å². The molecule has 0 amide bonds. The zero-order chi connectivity index (χ0) is 51.2. The van der Waals surface area contributed by atoms with Crippen LogP contribution in [0.25, 0.3) is 11.1 Å². The van der Waals surface area contributed by atoms with E-state index < -0.39 is 70.4 Å². The summed E-state index contributed by atoms with van der Waals surface area (Å²) in [6, 6.07) is 16.3. The summed E-state index contributed by atoms with van der Waals surface area (Å²) < 4.78 is 104. The summed E-state index contributed by atoms with van der Waals surface area (Å²) in [5, 5.41) is 0.895. The van der Waals surface area contributed by atoms with Gasteiger partial charge in [0.05, 0.1) is 0 Å². The Morgan fingerprint density at radius 2 is 0.493 bits per heavy atom. The highest BCUT2D eigenvalue weighted by atomic mass is 28.6. The molecule has 7 aliphatic carbocycles. The predicted octanol–water partition coefficient (Wildman–Crippen LogP) is 14.5. The van der Waals surface area contributed by atoms with Crippen molar-refractivity contribution in [1.29, 1.82) is 0 Å². The first-order valence-corrected chi connectivity index (χ1v) is 45.0. The van der Waals surface area contributed by atoms with E-state index in [0.29, 0.717) is 0 Å². The monoisotopic (exact) mass is 1160 g/mol. The first-order valence-electron chi connectivity index (χ1n) is 30.7. The molecular weight excluding hydrogens is 1080 g/mol. The SMILES string of the molecule is CC(C)(C)c1cc(-c2ccc([Si]34O[Si]5(C6CCCC6)O[Si]6(C7CCCC7)O[Si](C7CCCC7)(O3)O[Si]3(C7CCCC7)O[Si](C7CCCC7)(O4)O[Si](C4CCCC4)(O5)O[Si](C4CCCC4)(O6)O3)cc2)cc(C(C)(C)C)c1. The molecule has 6 saturated heterocycles. The summed E-state index contributed by atoms with van der Waals surface area (Å²) in [6.07, 6.45) is 28.6. The third-order valence-electron chi connectivity index (χ3n) is 20.6. The van der Waals surface area contributed by atoms with Gasteiger partial charge in [-0.15, -0.1) is 0 Å². The Morgan fingerprint density at radius 1 is 0.280 bits per heavy atom. The third-order valence-corrected chi connectivity index (χ3v) is 59.8. The van der Waals surface area contributed by atoms with E-state index in [1.807, 2.05) is 0 Å². The molecule has 2 aromatic carbocycles. The molecule has 412 valence electrons. The zero-order valence-electron chi connectivity index (χ0n) is 46.3. The highest BCUT2D eigenvalue weighted by molar-refractivity contribution is 7.06. The lowest BCUT2D eigenvalue weighted by Gasteiger charge is -2.66. The standard InChI is InChI=1S/C55H88O12Si8/c1-54(2,3)44-39-43(40-45(41-44)55(4,5)6)42-35-37-53(38-36-42)75-65-72(50-29-15-16-30-50)59-69(47-23-9-10-24-47)56-68(46-21-7-8-22-46)57-70(61-72,48-25-11-12-26-48)63-74(67-75,52-33-19-20-34-52)64-71(58-68,49-27-13-14-28-49)62-73(60-69,66-75)51-31-17-18-32-51/h35-41,46-52H,7-34H2,1-6H3. The number of benzene rings is 2. The predicted molar refractivity (Wildman–Crippen MR) is 303 cm³/mol. The van der Waals surface area contributed by atoms with Gasteiger partial charge < -0.3 is 49.4 Å². The molecule has 12 nitrogen and oxygen atoms in total. The Hall–Kier alpha value is -0.305. The Morgan fingerprint density at radius 3 is 0.707 bits per heavy atom. The first-order chi connectivity index (χ1) is 36.0. The van der Waals surface area contributed by atoms with Gasteiger partial charge in [-0.3, -0.25) is 0 Å². The molecular formula is C55H88O12Si8. The maximum atomic E-state index is 8.67. The molecule has 13 aliphatic rings. The van der Waals surface area contributed by atoms with Crippen molar-refractivity contribution in [3.05, 3.63) is 53.6 Å². The topological polar surface area (TPSA) is 111 Å². The van der Waals surface area contributed by atoms with Crippen LogP contribution in [0.1, 0.15) is 232 Å². The molecule has 0 atom stereocenters. The second kappa shape index (κ2) is 19.1. The van der Waals surface area contributed by atoms with Crippen molar-refractivity contribution in [1.82, 2.24) is 0 Å². The van der Waals surface area contributed by atoms with E-state index in [1.54, 1.807) is 0 Å². The van der Waals surface area contributed by atoms with Gasteiger partial charge in [0, 0.05) is 44.0 Å². The van der Waals surface area contributed by atoms with Gasteiger partial charge in [-0.25, -0.2) is 0 Å². The molecule has 0 N–H and O–H groups in total. The zero-order valence-corrected chi connectivity index (χ0v) is 54.3. The molecule has 20 heteroatoms. The van der Waals surface area contributed by atoms with Crippen LogP contribution >= 0.6 is 0 Å². The summed E-state index contributed by atoms with van der Waals surface area (Å²) in [7, 11) is -32.7. The van der Waals surface area contributed by atoms with Gasteiger partial charge in [-0.05, 0) is 123 Å². The Balaban J connectivity index is 1.06. The second-order valence-electron chi connectivity index (χ2n) is 27.8. The van der Waals surface area contributed by atoms with Crippen molar-refractivity contribution in [2.75, 3.05) is 0 Å². The van der Waals surface area contributed by atoms with Crippen LogP contribution in [0.4, 0.5) is 0 Å². The number of hydrogen-bond donors (Lipinski definition) is 0. The molecule has 6 heterocycles. The average molecular weight is 1170 g/mol. The lowest BCUT2D eigenvalue weighted by molar-refractivity contribution is -0.0428. The summed E-state index contributed by atoms with van der Waals surface area (Å²) in [6.45, 7) is 13.9. The normalized spacial score (nSPS) is 41.8. The van der Waals surface area contributed by atoms with Crippen LogP contribution in [0.2, 0.25) is 38.8 Å². The fraction of sp³-hybridized carbons (Fsp3) is 0.782. The van der Waals surface area contributed by atoms with Crippen LogP contribution in [-0.4, -0.2) is 70.4 Å². The highest BCUT2D eigenvalue weighted by Gasteiger charge is 2.88. The van der Waals surface area contributed by atoms with Crippen molar-refractivity contribution in [2.45, 2.75) is 271 Å². The maximum absolute atomic E-state index is 8.67. The van der Waals surface area contributed by atoms with Crippen LogP contribution in [0.5, 0.6) is 0 Å². The summed E-state index contributed by atoms with van der Waals surface area (Å²) in [5.74, 6) is 0. The fourth-order valence-corrected chi connectivity index (χ4v) is 71.8. The highest BCUT2D eigenvalue weighted by Crippen LogP contribution is 2.66. The summed E-state index contributed by atoms with van der Waals surface area (Å²) >= 11 is 0. The lowest BCUT2D eigenvalue weighted by atomic mass is 9.79. The van der Waals surface area contributed by atoms with Crippen LogP contribution in [0.15, 0.2) is 42.5 Å². The summed E-state index contributed by atoms with van der Waals surface area (Å²) in [5.41, 5.74) is 5.04. The minimum Gasteiger partial charge on any atom is -0.373 e. The molecule has 0 aromatic heterocycles. The molecule has 13 fully saturated rings. The van der Waals surface area contributed by atoms with Crippen molar-refractivity contribution in [3.63, 3.8) is 0 Å². The van der Waals surface area contributed by atoms with E-state index in [0.717, 1.165) is 191 Å². The Labute approximate surface area is 457 Å². The fourth-order valence-electron chi connectivity index (χ4n) is 16.3. The van der Waals surface area contributed by atoms with E-state index in [-0.39, 0.29) is 49.6 Å². The molecule has 7 saturated carbocycles. The van der Waals surface area contributed by atoms with Gasteiger partial charge in [0.2, 0.25) is 0 Å². The quantitative estimate of drug-likeness (QED) is 0.223. The second-order valence-corrected chi connectivity index (χ2v) is 53.4. The minimum atomic E-state index is -4.37. The number of rotatable bonds is 9. The van der Waals surface area contributed by atoms with E-state index >= 15 is 0 Å². The summed E-state index contributed by atoms with van der Waals surface area (Å²) in [4.78, 5) is 0. The van der Waals surface area contributed by atoms with Gasteiger partial charge in [-0.2, -0.15) is 0 Å². The molecule has 6 aliphatic heterocycles. The Bertz CT molecular complexity index is 2220. The van der Waals surface area contributed by atoms with Gasteiger partial charge in [0.25, 0.3) is 0 Å². The Kier molecular flexibility index (Phi) is 13.5. The van der Waals surface area contributed by atoms with Crippen molar-refractivity contribution < 1.29 is 49.4 Å². The van der Waals surface area contributed by atoms with E-state index in [1.165, 1.54) is 16.7 Å². The maximum Gasteiger partial charge on any atom is 0.515 e. The lowest BCUT2D eigenvalue weighted by Crippen LogP contribution is -2.91. The van der Waals surface area contributed by atoms with Gasteiger partial charge in [-0.1, -0.05) is 174 Å². The van der Waals surface area contributed by atoms with Crippen LogP contribution < -0.4 is 5.19 Å². The van der Waals surface area contributed by atoms with Gasteiger partial charge >= 0.3 is 70.4 Å². The molecule has 0 radical (unpaired) electrons. The third kappa shape index (κ3) is 8.87. The average Bonchev–Trinajstić information content (AvgIpc) is 4.29. The van der Waals surface area contributed by atoms with Crippen LogP contribution in [0.3, 0.4) is 0 Å². The molecule has 0 unspecified atom stereocenters. The van der Waals surface area contributed by atoms with Gasteiger partial charge in [0.1, 0.15) is 0 Å². The molecule has 15 rings (SSSR count). The van der Waals surface area contributed by atoms with E-state index in [2.05, 4.69) is 84.0 Å². The molecule has 0 spiro atoms. The molecule has 8 bridgehead atoms. The van der Waals surface area contributed by atoms with E-state index in [4.69, 9.17) is 49.4 Å². The van der Waals surface area contributed by atoms with E-state index in [9.17, 15) is 0 Å². The first kappa shape index (κ1) is 52.7. The van der Waals surface area contributed by atoms with Crippen molar-refractivity contribution >= 4 is 75.6 Å².